The first kappa shape index (κ1) is 26.3. The number of benzene rings is 1. The third-order valence-corrected chi connectivity index (χ3v) is 6.54. The van der Waals surface area contributed by atoms with Crippen LogP contribution in [-0.2, 0) is 34.8 Å². The molecule has 1 unspecified atom stereocenters. The largest absolute Gasteiger partial charge is 0.465 e. The van der Waals surface area contributed by atoms with Crippen LogP contribution in [0.1, 0.15) is 54.0 Å². The summed E-state index contributed by atoms with van der Waals surface area (Å²) in [4.78, 5) is 24.9. The number of rotatable bonds is 12. The van der Waals surface area contributed by atoms with Gasteiger partial charge in [0.15, 0.2) is 0 Å². The Hall–Kier alpha value is -1.73. The monoisotopic (exact) mass is 442 g/mol. The van der Waals surface area contributed by atoms with Gasteiger partial charge in [-0.05, 0) is 46.1 Å². The predicted octanol–water partition coefficient (Wildman–Crippen LogP) is 3.81. The SMILES string of the molecule is CCOC(=O)[C@@](C)(NP(=O)(N[C@@H](C)C(=O)OC(C)C)OCc1ccccc1)C(C)C. The van der Waals surface area contributed by atoms with Crippen LogP contribution in [0.3, 0.4) is 0 Å². The zero-order valence-electron chi connectivity index (χ0n) is 18.9. The summed E-state index contributed by atoms with van der Waals surface area (Å²) in [7, 11) is -3.89. The van der Waals surface area contributed by atoms with Gasteiger partial charge in [0.2, 0.25) is 0 Å². The number of hydrogen-bond acceptors (Lipinski definition) is 6. The van der Waals surface area contributed by atoms with E-state index >= 15 is 0 Å². The molecule has 30 heavy (non-hydrogen) atoms. The van der Waals surface area contributed by atoms with Crippen LogP contribution in [0.15, 0.2) is 30.3 Å². The molecule has 0 heterocycles. The highest BCUT2D eigenvalue weighted by atomic mass is 31.2. The molecule has 1 rings (SSSR count). The van der Waals surface area contributed by atoms with Crippen molar-refractivity contribution in [1.29, 1.82) is 0 Å². The van der Waals surface area contributed by atoms with E-state index in [2.05, 4.69) is 10.2 Å². The minimum absolute atomic E-state index is 0.0149. The number of ether oxygens (including phenoxy) is 2. The van der Waals surface area contributed by atoms with Crippen molar-refractivity contribution >= 4 is 19.6 Å². The fourth-order valence-electron chi connectivity index (χ4n) is 2.48. The summed E-state index contributed by atoms with van der Waals surface area (Å²) in [6.45, 7) is 12.1. The van der Waals surface area contributed by atoms with E-state index in [1.165, 1.54) is 6.92 Å². The molecule has 0 saturated carbocycles. The van der Waals surface area contributed by atoms with E-state index in [0.717, 1.165) is 5.56 Å². The molecule has 8 nitrogen and oxygen atoms in total. The highest BCUT2D eigenvalue weighted by molar-refractivity contribution is 7.54. The van der Waals surface area contributed by atoms with Crippen molar-refractivity contribution in [3.05, 3.63) is 35.9 Å². The van der Waals surface area contributed by atoms with E-state index in [4.69, 9.17) is 14.0 Å². The first-order valence-electron chi connectivity index (χ1n) is 10.2. The second-order valence-electron chi connectivity index (χ2n) is 7.84. The van der Waals surface area contributed by atoms with Crippen molar-refractivity contribution in [2.24, 2.45) is 5.92 Å². The highest BCUT2D eigenvalue weighted by Gasteiger charge is 2.45. The average Bonchev–Trinajstić information content (AvgIpc) is 2.66. The standard InChI is InChI=1S/C21H35N2O6P/c1-8-27-20(25)21(7,15(2)3)23-30(26,22-17(6)19(24)29-16(4)5)28-14-18-12-10-9-11-13-18/h9-13,15-17H,8,14H2,1-7H3,(H2,22,23,26)/t17-,21-,30?/m0/s1. The van der Waals surface area contributed by atoms with Gasteiger partial charge in [0.25, 0.3) is 0 Å². The topological polar surface area (TPSA) is 103 Å². The summed E-state index contributed by atoms with van der Waals surface area (Å²) >= 11 is 0. The Bertz CT molecular complexity index is 740. The Balaban J connectivity index is 3.15. The minimum atomic E-state index is -3.89. The molecule has 0 radical (unpaired) electrons. The van der Waals surface area contributed by atoms with Gasteiger partial charge in [0.05, 0.1) is 19.3 Å². The molecule has 170 valence electrons. The smallest absolute Gasteiger partial charge is 0.342 e. The van der Waals surface area contributed by atoms with Gasteiger partial charge < -0.3 is 14.0 Å². The van der Waals surface area contributed by atoms with Crippen molar-refractivity contribution in [2.45, 2.75) is 72.8 Å². The number of hydrogen-bond donors (Lipinski definition) is 2. The van der Waals surface area contributed by atoms with Gasteiger partial charge in [0, 0.05) is 0 Å². The van der Waals surface area contributed by atoms with E-state index in [-0.39, 0.29) is 25.2 Å². The Morgan fingerprint density at radius 1 is 1.10 bits per heavy atom. The summed E-state index contributed by atoms with van der Waals surface area (Å²) in [5.41, 5.74) is -0.516. The molecule has 0 amide bonds. The molecule has 2 N–H and O–H groups in total. The molecule has 0 aliphatic heterocycles. The number of carbonyl (C=O) groups excluding carboxylic acids is 2. The quantitative estimate of drug-likeness (QED) is 0.372. The second-order valence-corrected chi connectivity index (χ2v) is 9.68. The second kappa shape index (κ2) is 11.6. The lowest BCUT2D eigenvalue weighted by atomic mass is 9.90. The lowest BCUT2D eigenvalue weighted by Crippen LogP contribution is -2.55. The van der Waals surface area contributed by atoms with Gasteiger partial charge in [-0.2, -0.15) is 0 Å². The maximum Gasteiger partial charge on any atom is 0.342 e. The van der Waals surface area contributed by atoms with Gasteiger partial charge in [0.1, 0.15) is 11.6 Å². The zero-order chi connectivity index (χ0) is 22.9. The normalized spacial score (nSPS) is 16.6. The van der Waals surface area contributed by atoms with Crippen molar-refractivity contribution < 1.29 is 28.2 Å². The van der Waals surface area contributed by atoms with Crippen LogP contribution in [0.5, 0.6) is 0 Å². The van der Waals surface area contributed by atoms with Gasteiger partial charge in [-0.15, -0.1) is 0 Å². The maximum absolute atomic E-state index is 13.8. The third kappa shape index (κ3) is 7.84. The highest BCUT2D eigenvalue weighted by Crippen LogP contribution is 2.43. The van der Waals surface area contributed by atoms with Crippen LogP contribution in [0.25, 0.3) is 0 Å². The maximum atomic E-state index is 13.8. The van der Waals surface area contributed by atoms with E-state index in [0.29, 0.717) is 0 Å². The van der Waals surface area contributed by atoms with Gasteiger partial charge in [-0.1, -0.05) is 44.2 Å². The zero-order valence-corrected chi connectivity index (χ0v) is 19.8. The summed E-state index contributed by atoms with van der Waals surface area (Å²) in [6.07, 6.45) is -0.320. The van der Waals surface area contributed by atoms with Crippen LogP contribution in [0, 0.1) is 5.92 Å². The number of carbonyl (C=O) groups is 2. The fourth-order valence-corrected chi connectivity index (χ4v) is 4.59. The lowest BCUT2D eigenvalue weighted by Gasteiger charge is -2.36. The summed E-state index contributed by atoms with van der Waals surface area (Å²) in [6, 6.07) is 8.26. The minimum Gasteiger partial charge on any atom is -0.465 e. The van der Waals surface area contributed by atoms with Crippen LogP contribution in [-0.4, -0.2) is 36.2 Å². The van der Waals surface area contributed by atoms with Crippen molar-refractivity contribution in [3.8, 4) is 0 Å². The molecule has 0 spiro atoms. The molecular formula is C21H35N2O6P. The molecule has 1 aromatic rings. The molecule has 1 aromatic carbocycles. The Kier molecular flexibility index (Phi) is 10.2. The first-order chi connectivity index (χ1) is 13.9. The molecule has 0 saturated heterocycles. The average molecular weight is 442 g/mol. The fraction of sp³-hybridized carbons (Fsp3) is 0.619. The number of esters is 2. The molecule has 0 aliphatic rings. The van der Waals surface area contributed by atoms with Crippen molar-refractivity contribution in [1.82, 2.24) is 10.2 Å². The van der Waals surface area contributed by atoms with Crippen molar-refractivity contribution in [3.63, 3.8) is 0 Å². The lowest BCUT2D eigenvalue weighted by molar-refractivity contribution is -0.151. The van der Waals surface area contributed by atoms with Crippen molar-refractivity contribution in [2.75, 3.05) is 6.61 Å². The molecule has 0 aromatic heterocycles. The summed E-state index contributed by atoms with van der Waals surface area (Å²) < 4.78 is 29.9. The molecule has 0 fully saturated rings. The van der Waals surface area contributed by atoms with Gasteiger partial charge in [-0.25, -0.2) is 10.2 Å². The van der Waals surface area contributed by atoms with Crippen LogP contribution >= 0.6 is 7.67 Å². The van der Waals surface area contributed by atoms with Gasteiger partial charge >= 0.3 is 19.6 Å². The molecular weight excluding hydrogens is 407 g/mol. The van der Waals surface area contributed by atoms with Gasteiger partial charge in [-0.3, -0.25) is 14.2 Å². The molecule has 0 aliphatic carbocycles. The number of nitrogens with one attached hydrogen (secondary N) is 2. The predicted molar refractivity (Wildman–Crippen MR) is 116 cm³/mol. The Labute approximate surface area is 179 Å². The van der Waals surface area contributed by atoms with E-state index in [1.54, 1.807) is 27.7 Å². The van der Waals surface area contributed by atoms with Crippen LogP contribution in [0.4, 0.5) is 0 Å². The van der Waals surface area contributed by atoms with Crippen LogP contribution in [0.2, 0.25) is 0 Å². The summed E-state index contributed by atoms with van der Waals surface area (Å²) in [5, 5.41) is 5.56. The van der Waals surface area contributed by atoms with E-state index in [9.17, 15) is 14.2 Å². The van der Waals surface area contributed by atoms with E-state index < -0.39 is 31.2 Å². The van der Waals surface area contributed by atoms with Crippen LogP contribution < -0.4 is 10.2 Å². The van der Waals surface area contributed by atoms with E-state index in [1.807, 2.05) is 44.2 Å². The summed E-state index contributed by atoms with van der Waals surface area (Å²) in [5.74, 6) is -1.40. The Morgan fingerprint density at radius 2 is 1.70 bits per heavy atom. The molecule has 0 bridgehead atoms. The molecule has 3 atom stereocenters. The molecule has 9 heteroatoms. The first-order valence-corrected chi connectivity index (χ1v) is 11.8. The Morgan fingerprint density at radius 3 is 2.20 bits per heavy atom. The third-order valence-electron chi connectivity index (χ3n) is 4.56.